The molecule has 96 valence electrons. The van der Waals surface area contributed by atoms with Crippen LogP contribution in [0.1, 0.15) is 39.3 Å². The number of aromatic nitrogens is 2. The van der Waals surface area contributed by atoms with Gasteiger partial charge < -0.3 is 11.1 Å². The highest BCUT2D eigenvalue weighted by Crippen LogP contribution is 2.62. The second-order valence-electron chi connectivity index (χ2n) is 6.34. The van der Waals surface area contributed by atoms with Crippen molar-refractivity contribution in [3.05, 3.63) is 18.0 Å². The van der Waals surface area contributed by atoms with Crippen LogP contribution in [-0.2, 0) is 7.05 Å². The lowest BCUT2D eigenvalue weighted by atomic mass is 10.0. The first-order valence-electron chi connectivity index (χ1n) is 6.24. The molecule has 0 spiro atoms. The summed E-state index contributed by atoms with van der Waals surface area (Å²) in [4.78, 5) is 0. The Morgan fingerprint density at radius 2 is 2.00 bits per heavy atom. The van der Waals surface area contributed by atoms with Crippen molar-refractivity contribution in [3.63, 3.8) is 0 Å². The number of nitrogens with two attached hydrogens (primary N) is 1. The van der Waals surface area contributed by atoms with E-state index in [4.69, 9.17) is 5.73 Å². The van der Waals surface area contributed by atoms with Gasteiger partial charge in [-0.2, -0.15) is 5.10 Å². The summed E-state index contributed by atoms with van der Waals surface area (Å²) in [7, 11) is 1.91. The Kier molecular flexibility index (Phi) is 2.83. The summed E-state index contributed by atoms with van der Waals surface area (Å²) in [5, 5.41) is 7.73. The fraction of sp³-hybridized carbons (Fsp3) is 0.769. The Balaban J connectivity index is 1.88. The lowest BCUT2D eigenvalue weighted by Crippen LogP contribution is -2.31. The van der Waals surface area contributed by atoms with Crippen molar-refractivity contribution < 1.29 is 0 Å². The Bertz CT molecular complexity index is 391. The van der Waals surface area contributed by atoms with E-state index in [1.165, 1.54) is 0 Å². The molecule has 0 aliphatic heterocycles. The van der Waals surface area contributed by atoms with Crippen molar-refractivity contribution in [2.24, 2.45) is 23.6 Å². The number of hydrogen-bond donors (Lipinski definition) is 2. The SMILES string of the molecule is Cn1cc(C(N)CNC2C(C)(C)C2(C)C)cn1. The van der Waals surface area contributed by atoms with Gasteiger partial charge in [-0.15, -0.1) is 0 Å². The van der Waals surface area contributed by atoms with E-state index < -0.39 is 0 Å². The van der Waals surface area contributed by atoms with Crippen molar-refractivity contribution in [1.82, 2.24) is 15.1 Å². The van der Waals surface area contributed by atoms with Crippen LogP contribution in [0.3, 0.4) is 0 Å². The number of rotatable bonds is 4. The molecule has 4 heteroatoms. The van der Waals surface area contributed by atoms with Crippen LogP contribution in [-0.4, -0.2) is 22.4 Å². The van der Waals surface area contributed by atoms with Gasteiger partial charge >= 0.3 is 0 Å². The first-order valence-corrected chi connectivity index (χ1v) is 6.24. The van der Waals surface area contributed by atoms with E-state index in [0.29, 0.717) is 16.9 Å². The van der Waals surface area contributed by atoms with E-state index in [-0.39, 0.29) is 6.04 Å². The van der Waals surface area contributed by atoms with Crippen molar-refractivity contribution in [2.45, 2.75) is 39.8 Å². The lowest BCUT2D eigenvalue weighted by Gasteiger charge is -2.12. The summed E-state index contributed by atoms with van der Waals surface area (Å²) >= 11 is 0. The largest absolute Gasteiger partial charge is 0.323 e. The van der Waals surface area contributed by atoms with Crippen LogP contribution in [0.5, 0.6) is 0 Å². The van der Waals surface area contributed by atoms with Gasteiger partial charge in [-0.05, 0) is 10.8 Å². The molecule has 3 N–H and O–H groups in total. The van der Waals surface area contributed by atoms with Crippen molar-refractivity contribution in [1.29, 1.82) is 0 Å². The Hall–Kier alpha value is -0.870. The molecule has 1 fully saturated rings. The summed E-state index contributed by atoms with van der Waals surface area (Å²) in [6, 6.07) is 0.577. The number of aryl methyl sites for hydroxylation is 1. The highest BCUT2D eigenvalue weighted by atomic mass is 15.2. The highest BCUT2D eigenvalue weighted by Gasteiger charge is 2.64. The van der Waals surface area contributed by atoms with Gasteiger partial charge in [0.15, 0.2) is 0 Å². The molecule has 4 nitrogen and oxygen atoms in total. The maximum atomic E-state index is 6.15. The smallest absolute Gasteiger partial charge is 0.0537 e. The molecule has 0 aromatic carbocycles. The zero-order valence-electron chi connectivity index (χ0n) is 11.5. The van der Waals surface area contributed by atoms with Gasteiger partial charge in [0.25, 0.3) is 0 Å². The minimum Gasteiger partial charge on any atom is -0.323 e. The second-order valence-corrected chi connectivity index (χ2v) is 6.34. The molecule has 0 radical (unpaired) electrons. The number of nitrogens with zero attached hydrogens (tertiary/aromatic N) is 2. The van der Waals surface area contributed by atoms with E-state index in [0.717, 1.165) is 12.1 Å². The molecule has 1 aliphatic carbocycles. The van der Waals surface area contributed by atoms with E-state index in [9.17, 15) is 0 Å². The molecule has 0 amide bonds. The van der Waals surface area contributed by atoms with Crippen LogP contribution in [0.25, 0.3) is 0 Å². The molecule has 1 aromatic heterocycles. The van der Waals surface area contributed by atoms with Gasteiger partial charge in [0.05, 0.1) is 6.20 Å². The van der Waals surface area contributed by atoms with Gasteiger partial charge in [0, 0.05) is 37.4 Å². The normalized spacial score (nSPS) is 23.6. The summed E-state index contributed by atoms with van der Waals surface area (Å²) in [5.74, 6) is 0. The van der Waals surface area contributed by atoms with Gasteiger partial charge in [0.2, 0.25) is 0 Å². The third kappa shape index (κ3) is 2.00. The van der Waals surface area contributed by atoms with Gasteiger partial charge in [-0.3, -0.25) is 4.68 Å². The molecule has 1 saturated carbocycles. The molecular weight excluding hydrogens is 212 g/mol. The van der Waals surface area contributed by atoms with Crippen LogP contribution in [0.4, 0.5) is 0 Å². The van der Waals surface area contributed by atoms with Crippen LogP contribution in [0.15, 0.2) is 12.4 Å². The molecule has 2 rings (SSSR count). The van der Waals surface area contributed by atoms with Gasteiger partial charge in [-0.25, -0.2) is 0 Å². The maximum Gasteiger partial charge on any atom is 0.0537 e. The molecule has 0 bridgehead atoms. The van der Waals surface area contributed by atoms with Gasteiger partial charge in [-0.1, -0.05) is 27.7 Å². The zero-order valence-corrected chi connectivity index (χ0v) is 11.5. The fourth-order valence-corrected chi connectivity index (χ4v) is 2.70. The standard InChI is InChI=1S/C13H24N4/c1-12(2)11(13(12,3)4)15-7-10(14)9-6-16-17(5)8-9/h6,8,10-11,15H,7,14H2,1-5H3. The average molecular weight is 236 g/mol. The van der Waals surface area contributed by atoms with E-state index >= 15 is 0 Å². The van der Waals surface area contributed by atoms with Gasteiger partial charge in [0.1, 0.15) is 0 Å². The molecule has 1 unspecified atom stereocenters. The van der Waals surface area contributed by atoms with Crippen LogP contribution < -0.4 is 11.1 Å². The van der Waals surface area contributed by atoms with E-state index in [2.05, 4.69) is 38.1 Å². The Morgan fingerprint density at radius 1 is 1.41 bits per heavy atom. The Labute approximate surface area is 104 Å². The predicted molar refractivity (Wildman–Crippen MR) is 69.5 cm³/mol. The summed E-state index contributed by atoms with van der Waals surface area (Å²) in [6.07, 6.45) is 3.82. The maximum absolute atomic E-state index is 6.15. The molecule has 1 heterocycles. The number of hydrogen-bond acceptors (Lipinski definition) is 3. The highest BCUT2D eigenvalue weighted by molar-refractivity contribution is 5.18. The third-order valence-electron chi connectivity index (χ3n) is 4.72. The van der Waals surface area contributed by atoms with Crippen LogP contribution in [0.2, 0.25) is 0 Å². The second kappa shape index (κ2) is 3.82. The molecule has 1 aromatic rings. The van der Waals surface area contributed by atoms with E-state index in [1.807, 2.05) is 19.4 Å². The fourth-order valence-electron chi connectivity index (χ4n) is 2.70. The predicted octanol–water partition coefficient (Wildman–Crippen LogP) is 1.44. The Morgan fingerprint density at radius 3 is 2.41 bits per heavy atom. The quantitative estimate of drug-likeness (QED) is 0.832. The van der Waals surface area contributed by atoms with Crippen molar-refractivity contribution >= 4 is 0 Å². The molecule has 0 saturated heterocycles. The zero-order chi connectivity index (χ0) is 12.8. The first kappa shape index (κ1) is 12.6. The minimum atomic E-state index is 0.0240. The van der Waals surface area contributed by atoms with Crippen molar-refractivity contribution in [3.8, 4) is 0 Å². The minimum absolute atomic E-state index is 0.0240. The molecular formula is C13H24N4. The summed E-state index contributed by atoms with van der Waals surface area (Å²) < 4.78 is 1.79. The molecule has 1 atom stereocenters. The first-order chi connectivity index (χ1) is 7.76. The monoisotopic (exact) mass is 236 g/mol. The topological polar surface area (TPSA) is 55.9 Å². The third-order valence-corrected chi connectivity index (χ3v) is 4.72. The number of nitrogens with one attached hydrogen (secondary N) is 1. The average Bonchev–Trinajstić information content (AvgIpc) is 2.55. The summed E-state index contributed by atoms with van der Waals surface area (Å²) in [6.45, 7) is 10.0. The van der Waals surface area contributed by atoms with Crippen LogP contribution >= 0.6 is 0 Å². The van der Waals surface area contributed by atoms with Crippen molar-refractivity contribution in [2.75, 3.05) is 6.54 Å². The van der Waals surface area contributed by atoms with E-state index in [1.54, 1.807) is 4.68 Å². The lowest BCUT2D eigenvalue weighted by molar-refractivity contribution is 0.457. The summed E-state index contributed by atoms with van der Waals surface area (Å²) in [5.41, 5.74) is 7.96. The van der Waals surface area contributed by atoms with Crippen LogP contribution in [0, 0.1) is 10.8 Å². The molecule has 1 aliphatic rings. The molecule has 17 heavy (non-hydrogen) atoms.